The van der Waals surface area contributed by atoms with Crippen molar-refractivity contribution in [2.24, 2.45) is 0 Å². The normalized spacial score (nSPS) is 13.7. The average molecular weight is 384 g/mol. The number of hydrogen-bond donors (Lipinski definition) is 0. The van der Waals surface area contributed by atoms with Gasteiger partial charge in [-0.05, 0) is 6.92 Å². The van der Waals surface area contributed by atoms with E-state index in [1.165, 1.54) is 6.39 Å². The van der Waals surface area contributed by atoms with Crippen LogP contribution < -0.4 is 0 Å². The summed E-state index contributed by atoms with van der Waals surface area (Å²) in [5.41, 5.74) is 3.68. The molecule has 0 saturated carbocycles. The molecule has 1 amide bonds. The van der Waals surface area contributed by atoms with Crippen LogP contribution in [0.25, 0.3) is 11.4 Å². The molecule has 1 aliphatic rings. The van der Waals surface area contributed by atoms with E-state index in [0.29, 0.717) is 51.5 Å². The van der Waals surface area contributed by atoms with Crippen molar-refractivity contribution in [1.29, 1.82) is 0 Å². The molecule has 4 heterocycles. The second-order valence-corrected chi connectivity index (χ2v) is 6.68. The molecule has 1 aliphatic heterocycles. The average Bonchev–Trinajstić information content (AvgIpc) is 3.47. The molecule has 3 aromatic heterocycles. The summed E-state index contributed by atoms with van der Waals surface area (Å²) < 4.78 is 14.5. The van der Waals surface area contributed by atoms with Gasteiger partial charge in [0.2, 0.25) is 5.91 Å². The number of hydrogen-bond acceptors (Lipinski definition) is 6. The minimum atomic E-state index is 0.132. The number of oxazole rings is 1. The second-order valence-electron chi connectivity index (χ2n) is 6.68. The van der Waals surface area contributed by atoms with Crippen LogP contribution in [0.3, 0.4) is 0 Å². The summed E-state index contributed by atoms with van der Waals surface area (Å²) in [4.78, 5) is 22.9. The van der Waals surface area contributed by atoms with Gasteiger partial charge in [-0.15, -0.1) is 0 Å². The summed E-state index contributed by atoms with van der Waals surface area (Å²) in [5.74, 6) is 0.132. The molecular weight excluding hydrogens is 360 g/mol. The molecule has 0 radical (unpaired) electrons. The highest BCUT2D eigenvalue weighted by Crippen LogP contribution is 2.29. The molecule has 9 nitrogen and oxygen atoms in total. The number of aromatic nitrogens is 5. The zero-order valence-electron chi connectivity index (χ0n) is 16.0. The van der Waals surface area contributed by atoms with Crippen molar-refractivity contribution < 1.29 is 13.9 Å². The van der Waals surface area contributed by atoms with E-state index in [0.717, 1.165) is 23.4 Å². The van der Waals surface area contributed by atoms with Gasteiger partial charge in [-0.1, -0.05) is 0 Å². The smallest absolute Gasteiger partial charge is 0.224 e. The number of rotatable bonds is 8. The Morgan fingerprint density at radius 1 is 1.36 bits per heavy atom. The summed E-state index contributed by atoms with van der Waals surface area (Å²) in [6, 6.07) is 0. The maximum Gasteiger partial charge on any atom is 0.224 e. The van der Waals surface area contributed by atoms with Crippen molar-refractivity contribution in [3.05, 3.63) is 42.6 Å². The van der Waals surface area contributed by atoms with Gasteiger partial charge >= 0.3 is 0 Å². The fourth-order valence-electron chi connectivity index (χ4n) is 3.52. The molecule has 0 aliphatic carbocycles. The van der Waals surface area contributed by atoms with Crippen molar-refractivity contribution in [2.75, 3.05) is 19.8 Å². The van der Waals surface area contributed by atoms with Crippen LogP contribution in [-0.2, 0) is 35.6 Å². The van der Waals surface area contributed by atoms with Gasteiger partial charge in [-0.3, -0.25) is 9.48 Å². The fraction of sp³-hybridized carbons (Fsp3) is 0.474. The van der Waals surface area contributed by atoms with Gasteiger partial charge in [0.05, 0.1) is 19.5 Å². The molecule has 3 aromatic rings. The van der Waals surface area contributed by atoms with Gasteiger partial charge < -0.3 is 18.6 Å². The summed E-state index contributed by atoms with van der Waals surface area (Å²) in [6.07, 6.45) is 9.53. The Morgan fingerprint density at radius 3 is 3.04 bits per heavy atom. The minimum Gasteiger partial charge on any atom is -0.451 e. The quantitative estimate of drug-likeness (QED) is 0.550. The van der Waals surface area contributed by atoms with Crippen LogP contribution in [0.4, 0.5) is 0 Å². The predicted octanol–water partition coefficient (Wildman–Crippen LogP) is 1.75. The second kappa shape index (κ2) is 8.39. The zero-order chi connectivity index (χ0) is 19.3. The molecule has 0 atom stereocenters. The Labute approximate surface area is 162 Å². The Hall–Kier alpha value is -2.94. The highest BCUT2D eigenvalue weighted by Gasteiger charge is 2.28. The van der Waals surface area contributed by atoms with Crippen LogP contribution in [0.5, 0.6) is 0 Å². The number of carbonyl (C=O) groups is 1. The summed E-state index contributed by atoms with van der Waals surface area (Å²) in [5, 5.41) is 4.75. The largest absolute Gasteiger partial charge is 0.451 e. The highest BCUT2D eigenvalue weighted by atomic mass is 16.5. The van der Waals surface area contributed by atoms with Crippen molar-refractivity contribution >= 4 is 5.91 Å². The van der Waals surface area contributed by atoms with E-state index in [4.69, 9.17) is 14.3 Å². The molecule has 0 N–H and O–H groups in total. The van der Waals surface area contributed by atoms with Gasteiger partial charge in [0.15, 0.2) is 6.39 Å². The molecule has 28 heavy (non-hydrogen) atoms. The first-order valence-electron chi connectivity index (χ1n) is 9.54. The molecule has 4 rings (SSSR count). The number of carbonyl (C=O) groups excluding carboxylic acids is 1. The molecule has 0 saturated heterocycles. The van der Waals surface area contributed by atoms with E-state index < -0.39 is 0 Å². The number of ether oxygens (including phenoxy) is 1. The fourth-order valence-corrected chi connectivity index (χ4v) is 3.52. The third kappa shape index (κ3) is 3.84. The van der Waals surface area contributed by atoms with E-state index in [9.17, 15) is 4.79 Å². The lowest BCUT2D eigenvalue weighted by Gasteiger charge is -2.28. The number of amides is 1. The Bertz CT molecular complexity index is 901. The van der Waals surface area contributed by atoms with E-state index in [-0.39, 0.29) is 5.91 Å². The van der Waals surface area contributed by atoms with E-state index >= 15 is 0 Å². The lowest BCUT2D eigenvalue weighted by atomic mass is 10.0. The van der Waals surface area contributed by atoms with Gasteiger partial charge in [0.25, 0.3) is 0 Å². The number of fused-ring (bicyclic) bond motifs is 1. The minimum absolute atomic E-state index is 0.132. The highest BCUT2D eigenvalue weighted by molar-refractivity contribution is 5.77. The lowest BCUT2D eigenvalue weighted by molar-refractivity contribution is -0.132. The monoisotopic (exact) mass is 384 g/mol. The van der Waals surface area contributed by atoms with E-state index in [1.807, 2.05) is 27.3 Å². The van der Waals surface area contributed by atoms with Crippen molar-refractivity contribution in [3.8, 4) is 11.4 Å². The van der Waals surface area contributed by atoms with Crippen LogP contribution in [-0.4, -0.2) is 54.9 Å². The third-order valence-electron chi connectivity index (χ3n) is 4.96. The van der Waals surface area contributed by atoms with Crippen LogP contribution >= 0.6 is 0 Å². The molecule has 148 valence electrons. The Balaban J connectivity index is 1.51. The first kappa shape index (κ1) is 18.4. The van der Waals surface area contributed by atoms with Gasteiger partial charge in [-0.25, -0.2) is 9.97 Å². The van der Waals surface area contributed by atoms with Crippen molar-refractivity contribution in [2.45, 2.75) is 39.4 Å². The lowest BCUT2D eigenvalue weighted by Crippen LogP contribution is -2.37. The number of imidazole rings is 1. The van der Waals surface area contributed by atoms with Crippen molar-refractivity contribution in [1.82, 2.24) is 29.2 Å². The van der Waals surface area contributed by atoms with E-state index in [1.54, 1.807) is 18.8 Å². The number of nitrogens with zero attached hydrogens (tertiary/aromatic N) is 6. The van der Waals surface area contributed by atoms with Crippen LogP contribution in [0.15, 0.2) is 35.8 Å². The topological polar surface area (TPSA) is 91.2 Å². The van der Waals surface area contributed by atoms with Gasteiger partial charge in [0.1, 0.15) is 17.7 Å². The van der Waals surface area contributed by atoms with Crippen molar-refractivity contribution in [3.63, 3.8) is 0 Å². The Kier molecular flexibility index (Phi) is 5.52. The maximum atomic E-state index is 12.7. The SMILES string of the molecule is CCOCCn1nc(-c2cocn2)c2c1CCN(C(=O)CCn1ccnc1)C2. The first-order chi connectivity index (χ1) is 13.8. The summed E-state index contributed by atoms with van der Waals surface area (Å²) in [6.45, 7) is 5.81. The van der Waals surface area contributed by atoms with Crippen LogP contribution in [0.1, 0.15) is 24.6 Å². The maximum absolute atomic E-state index is 12.7. The molecule has 0 bridgehead atoms. The molecular formula is C19H24N6O3. The molecule has 0 spiro atoms. The molecule has 0 aromatic carbocycles. The van der Waals surface area contributed by atoms with Crippen LogP contribution in [0.2, 0.25) is 0 Å². The molecule has 0 unspecified atom stereocenters. The Morgan fingerprint density at radius 2 is 2.29 bits per heavy atom. The molecule has 9 heteroatoms. The van der Waals surface area contributed by atoms with Gasteiger partial charge in [0, 0.05) is 62.7 Å². The summed E-state index contributed by atoms with van der Waals surface area (Å²) in [7, 11) is 0. The zero-order valence-corrected chi connectivity index (χ0v) is 16.0. The summed E-state index contributed by atoms with van der Waals surface area (Å²) >= 11 is 0. The first-order valence-corrected chi connectivity index (χ1v) is 9.54. The standard InChI is InChI=1S/C19H24N6O3/c1-2-27-10-9-25-17-3-7-24(18(26)4-6-23-8-5-20-13-23)11-15(17)19(22-25)16-12-28-14-21-16/h5,8,12-14H,2-4,6-7,9-11H2,1H3. The van der Waals surface area contributed by atoms with E-state index in [2.05, 4.69) is 9.97 Å². The molecule has 0 fully saturated rings. The van der Waals surface area contributed by atoms with Gasteiger partial charge in [-0.2, -0.15) is 5.10 Å². The third-order valence-corrected chi connectivity index (χ3v) is 4.96. The predicted molar refractivity (Wildman–Crippen MR) is 100 cm³/mol. The van der Waals surface area contributed by atoms with Crippen LogP contribution in [0, 0.1) is 0 Å². The number of aryl methyl sites for hydroxylation is 1.